The van der Waals surface area contributed by atoms with Crippen LogP contribution in [-0.4, -0.2) is 22.4 Å². The van der Waals surface area contributed by atoms with Crippen molar-refractivity contribution in [2.24, 2.45) is 0 Å². The molecule has 2 atom stereocenters. The Hall–Kier alpha value is -0.380. The van der Waals surface area contributed by atoms with Crippen LogP contribution in [0.2, 0.25) is 0 Å². The van der Waals surface area contributed by atoms with Gasteiger partial charge in [-0.3, -0.25) is 0 Å². The van der Waals surface area contributed by atoms with Crippen LogP contribution in [0.15, 0.2) is 12.1 Å². The van der Waals surface area contributed by atoms with Crippen LogP contribution in [0.1, 0.15) is 139 Å². The standard InChI is InChI=1S/C28H52O2S/c1-3-5-7-9-11-13-15-17-19-25(29)23-27-21-22-28(31-27)24-26(30)20-18-16-14-12-10-8-6-4-2/h21-22,25-26,29-30H,3-20,23-24H2,1-2H3. The monoisotopic (exact) mass is 452 g/mol. The first kappa shape index (κ1) is 28.7. The van der Waals surface area contributed by atoms with Crippen LogP contribution in [0.4, 0.5) is 0 Å². The summed E-state index contributed by atoms with van der Waals surface area (Å²) < 4.78 is 0. The van der Waals surface area contributed by atoms with Crippen molar-refractivity contribution in [3.8, 4) is 0 Å². The summed E-state index contributed by atoms with van der Waals surface area (Å²) in [5, 5.41) is 20.7. The maximum Gasteiger partial charge on any atom is 0.0588 e. The van der Waals surface area contributed by atoms with Gasteiger partial charge < -0.3 is 10.2 Å². The van der Waals surface area contributed by atoms with E-state index < -0.39 is 0 Å². The smallest absolute Gasteiger partial charge is 0.0588 e. The van der Waals surface area contributed by atoms with E-state index >= 15 is 0 Å². The maximum absolute atomic E-state index is 10.4. The second kappa shape index (κ2) is 20.2. The van der Waals surface area contributed by atoms with Crippen molar-refractivity contribution in [2.75, 3.05) is 0 Å². The van der Waals surface area contributed by atoms with Gasteiger partial charge in [-0.15, -0.1) is 11.3 Å². The molecule has 1 heterocycles. The normalized spacial score (nSPS) is 13.5. The van der Waals surface area contributed by atoms with Crippen LogP contribution in [0, 0.1) is 0 Å². The summed E-state index contributed by atoms with van der Waals surface area (Å²) in [5.74, 6) is 0. The molecule has 2 nitrogen and oxygen atoms in total. The molecule has 0 aliphatic rings. The zero-order valence-corrected chi connectivity index (χ0v) is 21.6. The molecule has 0 bridgehead atoms. The zero-order valence-electron chi connectivity index (χ0n) is 20.8. The van der Waals surface area contributed by atoms with Crippen LogP contribution in [0.25, 0.3) is 0 Å². The number of aliphatic hydroxyl groups is 2. The number of thiophene rings is 1. The van der Waals surface area contributed by atoms with Crippen molar-refractivity contribution in [2.45, 2.75) is 154 Å². The largest absolute Gasteiger partial charge is 0.393 e. The molecule has 0 aromatic carbocycles. The third-order valence-corrected chi connectivity index (χ3v) is 7.50. The van der Waals surface area contributed by atoms with Gasteiger partial charge in [-0.2, -0.15) is 0 Å². The average molecular weight is 453 g/mol. The predicted octanol–water partition coefficient (Wildman–Crippen LogP) is 8.62. The van der Waals surface area contributed by atoms with E-state index in [1.165, 1.54) is 99.6 Å². The fourth-order valence-electron chi connectivity index (χ4n) is 4.34. The summed E-state index contributed by atoms with van der Waals surface area (Å²) in [6.07, 6.45) is 24.0. The molecule has 2 unspecified atom stereocenters. The summed E-state index contributed by atoms with van der Waals surface area (Å²) in [4.78, 5) is 2.53. The van der Waals surface area contributed by atoms with Gasteiger partial charge in [0.15, 0.2) is 0 Å². The molecule has 0 saturated carbocycles. The number of aliphatic hydroxyl groups excluding tert-OH is 2. The van der Waals surface area contributed by atoms with E-state index in [9.17, 15) is 10.2 Å². The van der Waals surface area contributed by atoms with E-state index in [1.807, 2.05) is 0 Å². The number of rotatable bonds is 22. The Kier molecular flexibility index (Phi) is 18.7. The molecule has 0 aliphatic carbocycles. The highest BCUT2D eigenvalue weighted by Gasteiger charge is 2.11. The molecule has 1 rings (SSSR count). The Morgan fingerprint density at radius 3 is 1.23 bits per heavy atom. The first-order valence-electron chi connectivity index (χ1n) is 13.6. The summed E-state index contributed by atoms with van der Waals surface area (Å²) in [6.45, 7) is 4.52. The minimum atomic E-state index is -0.214. The first-order chi connectivity index (χ1) is 15.2. The van der Waals surface area contributed by atoms with E-state index in [0.29, 0.717) is 0 Å². The Labute approximate surface area is 197 Å². The van der Waals surface area contributed by atoms with Crippen LogP contribution in [0.3, 0.4) is 0 Å². The Morgan fingerprint density at radius 2 is 0.871 bits per heavy atom. The lowest BCUT2D eigenvalue weighted by atomic mass is 10.0. The van der Waals surface area contributed by atoms with Gasteiger partial charge in [0.1, 0.15) is 0 Å². The highest BCUT2D eigenvalue weighted by Crippen LogP contribution is 2.22. The van der Waals surface area contributed by atoms with Crippen LogP contribution < -0.4 is 0 Å². The molecule has 0 amide bonds. The predicted molar refractivity (Wildman–Crippen MR) is 138 cm³/mol. The minimum absolute atomic E-state index is 0.214. The van der Waals surface area contributed by atoms with Crippen LogP contribution in [-0.2, 0) is 12.8 Å². The van der Waals surface area contributed by atoms with Gasteiger partial charge in [-0.05, 0) is 25.0 Å². The molecular formula is C28H52O2S. The van der Waals surface area contributed by atoms with Crippen molar-refractivity contribution in [1.82, 2.24) is 0 Å². The van der Waals surface area contributed by atoms with Gasteiger partial charge in [-0.25, -0.2) is 0 Å². The molecule has 3 heteroatoms. The fourth-order valence-corrected chi connectivity index (χ4v) is 5.50. The fraction of sp³-hybridized carbons (Fsp3) is 0.857. The Bertz CT molecular complexity index is 456. The molecule has 1 aromatic rings. The van der Waals surface area contributed by atoms with Gasteiger partial charge >= 0.3 is 0 Å². The van der Waals surface area contributed by atoms with E-state index in [4.69, 9.17) is 0 Å². The Morgan fingerprint density at radius 1 is 0.548 bits per heavy atom. The topological polar surface area (TPSA) is 40.5 Å². The lowest BCUT2D eigenvalue weighted by molar-refractivity contribution is 0.161. The third kappa shape index (κ3) is 16.8. The number of unbranched alkanes of at least 4 members (excludes halogenated alkanes) is 14. The summed E-state index contributed by atoms with van der Waals surface area (Å²) in [6, 6.07) is 4.31. The molecule has 2 N–H and O–H groups in total. The van der Waals surface area contributed by atoms with Gasteiger partial charge in [0, 0.05) is 22.6 Å². The first-order valence-corrected chi connectivity index (χ1v) is 14.4. The summed E-state index contributed by atoms with van der Waals surface area (Å²) in [5.41, 5.74) is 0. The van der Waals surface area contributed by atoms with Crippen molar-refractivity contribution in [1.29, 1.82) is 0 Å². The molecule has 0 saturated heterocycles. The molecule has 182 valence electrons. The minimum Gasteiger partial charge on any atom is -0.393 e. The van der Waals surface area contributed by atoms with Gasteiger partial charge in [0.25, 0.3) is 0 Å². The lowest BCUT2D eigenvalue weighted by Gasteiger charge is -2.10. The lowest BCUT2D eigenvalue weighted by Crippen LogP contribution is -2.09. The summed E-state index contributed by atoms with van der Waals surface area (Å²) in [7, 11) is 0. The van der Waals surface area contributed by atoms with Crippen molar-refractivity contribution in [3.05, 3.63) is 21.9 Å². The second-order valence-corrected chi connectivity index (χ2v) is 10.9. The average Bonchev–Trinajstić information content (AvgIpc) is 3.18. The van der Waals surface area contributed by atoms with E-state index in [2.05, 4.69) is 26.0 Å². The van der Waals surface area contributed by atoms with Crippen LogP contribution in [0.5, 0.6) is 0 Å². The van der Waals surface area contributed by atoms with Gasteiger partial charge in [0.2, 0.25) is 0 Å². The zero-order chi connectivity index (χ0) is 22.6. The number of hydrogen-bond donors (Lipinski definition) is 2. The molecule has 0 aliphatic heterocycles. The molecule has 1 aromatic heterocycles. The number of hydrogen-bond acceptors (Lipinski definition) is 3. The molecule has 0 fully saturated rings. The molecular weight excluding hydrogens is 400 g/mol. The molecule has 31 heavy (non-hydrogen) atoms. The SMILES string of the molecule is CCCCCCCCCCC(O)Cc1ccc(CC(O)CCCCCCCCCC)s1. The quantitative estimate of drug-likeness (QED) is 0.173. The van der Waals surface area contributed by atoms with E-state index in [-0.39, 0.29) is 12.2 Å². The van der Waals surface area contributed by atoms with Crippen molar-refractivity contribution >= 4 is 11.3 Å². The second-order valence-electron chi connectivity index (χ2n) is 9.61. The molecule has 0 spiro atoms. The van der Waals surface area contributed by atoms with Gasteiger partial charge in [0.05, 0.1) is 12.2 Å². The van der Waals surface area contributed by atoms with E-state index in [1.54, 1.807) is 11.3 Å². The third-order valence-electron chi connectivity index (χ3n) is 6.37. The molecule has 0 radical (unpaired) electrons. The summed E-state index contributed by atoms with van der Waals surface area (Å²) >= 11 is 1.78. The Balaban J connectivity index is 2.05. The van der Waals surface area contributed by atoms with Gasteiger partial charge in [-0.1, -0.05) is 117 Å². The highest BCUT2D eigenvalue weighted by atomic mass is 32.1. The van der Waals surface area contributed by atoms with Crippen LogP contribution >= 0.6 is 11.3 Å². The van der Waals surface area contributed by atoms with Crippen molar-refractivity contribution in [3.63, 3.8) is 0 Å². The van der Waals surface area contributed by atoms with Crippen molar-refractivity contribution < 1.29 is 10.2 Å². The highest BCUT2D eigenvalue weighted by molar-refractivity contribution is 7.12. The van der Waals surface area contributed by atoms with E-state index in [0.717, 1.165) is 38.5 Å². The maximum atomic E-state index is 10.4.